The van der Waals surface area contributed by atoms with E-state index in [-0.39, 0.29) is 18.5 Å². The Kier molecular flexibility index (Phi) is 6.67. The molecule has 134 valence electrons. The maximum absolute atomic E-state index is 12.4. The van der Waals surface area contributed by atoms with Gasteiger partial charge in [0, 0.05) is 35.0 Å². The Labute approximate surface area is 153 Å². The number of anilines is 1. The summed E-state index contributed by atoms with van der Waals surface area (Å²) in [7, 11) is 5.03. The number of carbonyl (C=O) groups excluding carboxylic acids is 1. The maximum Gasteiger partial charge on any atom is 0.238 e. The molecule has 0 saturated heterocycles. The Balaban J connectivity index is 2.03. The van der Waals surface area contributed by atoms with Crippen molar-refractivity contribution in [1.29, 1.82) is 0 Å². The minimum atomic E-state index is -0.128. The van der Waals surface area contributed by atoms with Gasteiger partial charge in [0.2, 0.25) is 5.91 Å². The van der Waals surface area contributed by atoms with Gasteiger partial charge in [-0.05, 0) is 25.6 Å². The molecule has 25 heavy (non-hydrogen) atoms. The highest BCUT2D eigenvalue weighted by Crippen LogP contribution is 2.27. The lowest BCUT2D eigenvalue weighted by Crippen LogP contribution is -2.32. The van der Waals surface area contributed by atoms with Crippen LogP contribution in [-0.2, 0) is 4.79 Å². The van der Waals surface area contributed by atoms with Crippen LogP contribution in [0.5, 0.6) is 11.5 Å². The van der Waals surface area contributed by atoms with E-state index in [0.29, 0.717) is 22.2 Å². The van der Waals surface area contributed by atoms with Gasteiger partial charge in [-0.15, -0.1) is 0 Å². The molecule has 1 unspecified atom stereocenters. The largest absolute Gasteiger partial charge is 0.497 e. The van der Waals surface area contributed by atoms with Crippen molar-refractivity contribution in [2.45, 2.75) is 13.0 Å². The second kappa shape index (κ2) is 8.74. The lowest BCUT2D eigenvalue weighted by molar-refractivity contribution is -0.117. The molecular formula is C19H23ClN2O3. The van der Waals surface area contributed by atoms with E-state index in [1.807, 2.05) is 43.1 Å². The molecule has 0 aliphatic heterocycles. The van der Waals surface area contributed by atoms with Crippen molar-refractivity contribution in [2.75, 3.05) is 33.1 Å². The van der Waals surface area contributed by atoms with Crippen LogP contribution >= 0.6 is 11.6 Å². The first kappa shape index (κ1) is 19.1. The van der Waals surface area contributed by atoms with Gasteiger partial charge in [-0.25, -0.2) is 0 Å². The van der Waals surface area contributed by atoms with Crippen LogP contribution in [-0.4, -0.2) is 38.6 Å². The average molecular weight is 363 g/mol. The van der Waals surface area contributed by atoms with Crippen LogP contribution < -0.4 is 14.8 Å². The molecule has 0 heterocycles. The van der Waals surface area contributed by atoms with Gasteiger partial charge in [-0.1, -0.05) is 29.8 Å². The number of methoxy groups -OCH3 is 2. The number of benzene rings is 2. The van der Waals surface area contributed by atoms with E-state index in [2.05, 4.69) is 5.32 Å². The number of nitrogens with zero attached hydrogens (tertiary/aromatic N) is 1. The van der Waals surface area contributed by atoms with Crippen LogP contribution in [0.25, 0.3) is 0 Å². The van der Waals surface area contributed by atoms with Crippen molar-refractivity contribution in [2.24, 2.45) is 0 Å². The number of likely N-dealkylation sites (N-methyl/N-ethyl adjacent to an activating group) is 1. The molecule has 0 spiro atoms. The third kappa shape index (κ3) is 5.11. The molecule has 1 N–H and O–H groups in total. The summed E-state index contributed by atoms with van der Waals surface area (Å²) in [6, 6.07) is 12.9. The van der Waals surface area contributed by atoms with E-state index >= 15 is 0 Å². The first-order valence-corrected chi connectivity index (χ1v) is 8.30. The van der Waals surface area contributed by atoms with Crippen molar-refractivity contribution >= 4 is 23.2 Å². The summed E-state index contributed by atoms with van der Waals surface area (Å²) in [6.07, 6.45) is 0. The van der Waals surface area contributed by atoms with Crippen LogP contribution in [0.4, 0.5) is 5.69 Å². The van der Waals surface area contributed by atoms with Crippen molar-refractivity contribution in [3.8, 4) is 11.5 Å². The molecule has 0 radical (unpaired) electrons. The van der Waals surface area contributed by atoms with Crippen LogP contribution in [0.2, 0.25) is 5.02 Å². The number of rotatable bonds is 7. The molecule has 0 bridgehead atoms. The van der Waals surface area contributed by atoms with Gasteiger partial charge in [-0.2, -0.15) is 0 Å². The average Bonchev–Trinajstić information content (AvgIpc) is 2.60. The molecule has 0 aliphatic rings. The van der Waals surface area contributed by atoms with Gasteiger partial charge < -0.3 is 14.8 Å². The highest BCUT2D eigenvalue weighted by Gasteiger charge is 2.17. The molecule has 2 rings (SSSR count). The van der Waals surface area contributed by atoms with Crippen molar-refractivity contribution < 1.29 is 14.3 Å². The monoisotopic (exact) mass is 362 g/mol. The number of carbonyl (C=O) groups is 1. The summed E-state index contributed by atoms with van der Waals surface area (Å²) in [5.74, 6) is 1.11. The zero-order chi connectivity index (χ0) is 18.4. The fourth-order valence-corrected chi connectivity index (χ4v) is 2.79. The Morgan fingerprint density at radius 1 is 1.16 bits per heavy atom. The molecule has 0 saturated carbocycles. The molecule has 6 heteroatoms. The number of hydrogen-bond acceptors (Lipinski definition) is 4. The first-order chi connectivity index (χ1) is 11.9. The van der Waals surface area contributed by atoms with Crippen LogP contribution in [0.3, 0.4) is 0 Å². The molecule has 0 aromatic heterocycles. The van der Waals surface area contributed by atoms with Gasteiger partial charge in [-0.3, -0.25) is 9.69 Å². The summed E-state index contributed by atoms with van der Waals surface area (Å²) in [4.78, 5) is 14.3. The topological polar surface area (TPSA) is 50.8 Å². The lowest BCUT2D eigenvalue weighted by atomic mass is 10.1. The van der Waals surface area contributed by atoms with E-state index in [4.69, 9.17) is 21.1 Å². The van der Waals surface area contributed by atoms with Gasteiger partial charge >= 0.3 is 0 Å². The smallest absolute Gasteiger partial charge is 0.238 e. The zero-order valence-electron chi connectivity index (χ0n) is 14.9. The second-order valence-electron chi connectivity index (χ2n) is 5.76. The summed E-state index contributed by atoms with van der Waals surface area (Å²) in [5.41, 5.74) is 1.61. The third-order valence-electron chi connectivity index (χ3n) is 4.04. The Morgan fingerprint density at radius 3 is 2.32 bits per heavy atom. The van der Waals surface area contributed by atoms with Gasteiger partial charge in [0.1, 0.15) is 11.5 Å². The Bertz CT molecular complexity index is 714. The zero-order valence-corrected chi connectivity index (χ0v) is 15.6. The number of amides is 1. The summed E-state index contributed by atoms with van der Waals surface area (Å²) >= 11 is 6.24. The molecular weight excluding hydrogens is 340 g/mol. The van der Waals surface area contributed by atoms with Crippen molar-refractivity contribution in [3.05, 3.63) is 53.1 Å². The summed E-state index contributed by atoms with van der Waals surface area (Å²) < 4.78 is 10.4. The van der Waals surface area contributed by atoms with Crippen LogP contribution in [0, 0.1) is 0 Å². The summed E-state index contributed by atoms with van der Waals surface area (Å²) in [6.45, 7) is 2.25. The Hall–Kier alpha value is -2.24. The molecule has 2 aromatic carbocycles. The van der Waals surface area contributed by atoms with E-state index in [9.17, 15) is 4.79 Å². The quantitative estimate of drug-likeness (QED) is 0.809. The third-order valence-corrected chi connectivity index (χ3v) is 4.39. The maximum atomic E-state index is 12.4. The molecule has 1 amide bonds. The number of nitrogens with one attached hydrogen (secondary N) is 1. The van der Waals surface area contributed by atoms with E-state index in [0.717, 1.165) is 5.56 Å². The summed E-state index contributed by atoms with van der Waals surface area (Å²) in [5, 5.41) is 3.56. The lowest BCUT2D eigenvalue weighted by Gasteiger charge is -2.25. The second-order valence-corrected chi connectivity index (χ2v) is 6.17. The predicted molar refractivity (Wildman–Crippen MR) is 101 cm³/mol. The highest BCUT2D eigenvalue weighted by atomic mass is 35.5. The SMILES string of the molecule is COc1cc(NC(=O)CN(C)C(C)c2ccccc2Cl)cc(OC)c1. The minimum Gasteiger partial charge on any atom is -0.497 e. The number of ether oxygens (including phenoxy) is 2. The van der Waals surface area contributed by atoms with Gasteiger partial charge in [0.25, 0.3) is 0 Å². The molecule has 1 atom stereocenters. The first-order valence-electron chi connectivity index (χ1n) is 7.92. The van der Waals surface area contributed by atoms with Crippen molar-refractivity contribution in [1.82, 2.24) is 4.90 Å². The number of hydrogen-bond donors (Lipinski definition) is 1. The Morgan fingerprint density at radius 2 is 1.76 bits per heavy atom. The fourth-order valence-electron chi connectivity index (χ4n) is 2.49. The standard InChI is InChI=1S/C19H23ClN2O3/c1-13(17-7-5-6-8-18(17)20)22(2)12-19(23)21-14-9-15(24-3)11-16(10-14)25-4/h5-11,13H,12H2,1-4H3,(H,21,23). The molecule has 2 aromatic rings. The van der Waals surface area contributed by atoms with E-state index in [1.165, 1.54) is 0 Å². The molecule has 5 nitrogen and oxygen atoms in total. The predicted octanol–water partition coefficient (Wildman–Crippen LogP) is 3.99. The van der Waals surface area contributed by atoms with Gasteiger partial charge in [0.15, 0.2) is 0 Å². The highest BCUT2D eigenvalue weighted by molar-refractivity contribution is 6.31. The van der Waals surface area contributed by atoms with Crippen LogP contribution in [0.1, 0.15) is 18.5 Å². The van der Waals surface area contributed by atoms with Gasteiger partial charge in [0.05, 0.1) is 20.8 Å². The molecule has 0 aliphatic carbocycles. The van der Waals surface area contributed by atoms with E-state index in [1.54, 1.807) is 32.4 Å². The normalized spacial score (nSPS) is 11.9. The van der Waals surface area contributed by atoms with Crippen molar-refractivity contribution in [3.63, 3.8) is 0 Å². The van der Waals surface area contributed by atoms with E-state index < -0.39 is 0 Å². The molecule has 0 fully saturated rings. The minimum absolute atomic E-state index is 0.0132. The fraction of sp³-hybridized carbons (Fsp3) is 0.316. The van der Waals surface area contributed by atoms with Crippen LogP contribution in [0.15, 0.2) is 42.5 Å². The number of halogens is 1.